The Kier molecular flexibility index (Phi) is 9.19. The second-order valence-corrected chi connectivity index (χ2v) is 11.2. The molecule has 3 N–H and O–H groups in total. The molecular formula is C30H34ClFN8O4. The van der Waals surface area contributed by atoms with Crippen molar-refractivity contribution in [1.29, 1.82) is 0 Å². The Hall–Kier alpha value is -3.88. The zero-order valence-electron chi connectivity index (χ0n) is 24.4. The average Bonchev–Trinajstić information content (AvgIpc) is 3.54. The van der Waals surface area contributed by atoms with Gasteiger partial charge in [-0.25, -0.2) is 14.4 Å². The third-order valence-electron chi connectivity index (χ3n) is 7.75. The first-order valence-corrected chi connectivity index (χ1v) is 14.9. The fraction of sp³-hybridized carbons (Fsp3) is 0.400. The second-order valence-electron chi connectivity index (χ2n) is 10.8. The number of aromatic amines is 1. The van der Waals surface area contributed by atoms with Gasteiger partial charge in [-0.1, -0.05) is 11.6 Å². The summed E-state index contributed by atoms with van der Waals surface area (Å²) in [6.07, 6.45) is 3.23. The van der Waals surface area contributed by atoms with Crippen LogP contribution in [0.3, 0.4) is 0 Å². The predicted octanol–water partition coefficient (Wildman–Crippen LogP) is 0.957. The van der Waals surface area contributed by atoms with E-state index in [1.54, 1.807) is 23.1 Å². The van der Waals surface area contributed by atoms with Crippen LogP contribution in [-0.2, 0) is 14.3 Å². The van der Waals surface area contributed by atoms with Crippen LogP contribution in [0, 0.1) is 12.7 Å². The number of aromatic nitrogens is 3. The first kappa shape index (κ1) is 30.2. The highest BCUT2D eigenvalue weighted by Gasteiger charge is 2.28. The lowest BCUT2D eigenvalue weighted by Gasteiger charge is -2.30. The molecule has 5 heterocycles. The number of hydrogen-bond donors (Lipinski definition) is 3. The van der Waals surface area contributed by atoms with Crippen molar-refractivity contribution in [3.05, 3.63) is 62.8 Å². The van der Waals surface area contributed by atoms with Gasteiger partial charge in [-0.2, -0.15) is 0 Å². The quantitative estimate of drug-likeness (QED) is 0.319. The topological polar surface area (TPSA) is 128 Å². The molecule has 0 bridgehead atoms. The summed E-state index contributed by atoms with van der Waals surface area (Å²) in [6.45, 7) is 9.22. The number of ether oxygens (including phenoxy) is 2. The average molecular weight is 625 g/mol. The van der Waals surface area contributed by atoms with Crippen molar-refractivity contribution in [2.45, 2.75) is 6.92 Å². The third-order valence-corrected chi connectivity index (χ3v) is 8.04. The van der Waals surface area contributed by atoms with Gasteiger partial charge >= 0.3 is 0 Å². The number of hydrogen-bond acceptors (Lipinski definition) is 9. The summed E-state index contributed by atoms with van der Waals surface area (Å²) in [5.74, 6) is -0.148. The molecule has 2 amide bonds. The van der Waals surface area contributed by atoms with E-state index in [1.165, 1.54) is 18.2 Å². The zero-order valence-corrected chi connectivity index (χ0v) is 25.1. The standard InChI is InChI=1S/C30H34ClFN8O4/c1-19-14-25(30(42)33-4-5-38-6-10-43-11-7-38)35-24(19)17-26-36-28(34-20-2-3-23(32)22(31)15-20)21-16-27(41)40(29(21)37-26)18-39-8-12-44-13-9-39/h2-3,14-17,35H,4-13,18H2,1H3,(H,33,42)(H,34,36). The monoisotopic (exact) mass is 624 g/mol. The first-order valence-electron chi connectivity index (χ1n) is 14.6. The Morgan fingerprint density at radius 3 is 2.55 bits per heavy atom. The summed E-state index contributed by atoms with van der Waals surface area (Å²) in [4.78, 5) is 44.7. The lowest BCUT2D eigenvalue weighted by Crippen LogP contribution is -2.46. The number of benzene rings is 1. The van der Waals surface area contributed by atoms with E-state index in [9.17, 15) is 14.0 Å². The molecule has 2 aromatic heterocycles. The first-order chi connectivity index (χ1) is 21.3. The van der Waals surface area contributed by atoms with Gasteiger partial charge in [0.15, 0.2) is 5.48 Å². The van der Waals surface area contributed by atoms with Gasteiger partial charge in [-0.15, -0.1) is 0 Å². The molecule has 1 aromatic carbocycles. The van der Waals surface area contributed by atoms with E-state index in [0.29, 0.717) is 92.1 Å². The van der Waals surface area contributed by atoms with Crippen LogP contribution in [0.2, 0.25) is 5.02 Å². The summed E-state index contributed by atoms with van der Waals surface area (Å²) in [5.41, 5.74) is 2.74. The molecule has 0 spiro atoms. The Bertz CT molecular complexity index is 1670. The maximum Gasteiger partial charge on any atom is 0.267 e. The van der Waals surface area contributed by atoms with Crippen LogP contribution in [0.15, 0.2) is 24.3 Å². The van der Waals surface area contributed by atoms with Crippen LogP contribution in [0.4, 0.5) is 21.7 Å². The molecule has 12 nitrogen and oxygen atoms in total. The fourth-order valence-corrected chi connectivity index (χ4v) is 5.47. The Morgan fingerprint density at radius 1 is 1.09 bits per heavy atom. The Labute approximate surface area is 258 Å². The van der Waals surface area contributed by atoms with E-state index in [0.717, 1.165) is 25.2 Å². The smallest absolute Gasteiger partial charge is 0.267 e. The molecule has 0 atom stereocenters. The molecule has 0 unspecified atom stereocenters. The molecule has 3 aliphatic heterocycles. The number of fused-ring (bicyclic) bond motifs is 1. The van der Waals surface area contributed by atoms with Gasteiger partial charge in [0.05, 0.1) is 43.3 Å². The summed E-state index contributed by atoms with van der Waals surface area (Å²) < 4.78 is 24.7. The van der Waals surface area contributed by atoms with Crippen molar-refractivity contribution < 1.29 is 23.5 Å². The number of carbonyl (C=O) groups is 2. The molecule has 2 saturated heterocycles. The normalized spacial score (nSPS) is 17.9. The van der Waals surface area contributed by atoms with E-state index >= 15 is 0 Å². The van der Waals surface area contributed by atoms with Crippen molar-refractivity contribution in [3.8, 4) is 0 Å². The minimum Gasteiger partial charge on any atom is -0.379 e. The molecule has 232 valence electrons. The number of nitrogens with one attached hydrogen (secondary N) is 3. The molecule has 0 aliphatic carbocycles. The minimum absolute atomic E-state index is 0.0424. The summed E-state index contributed by atoms with van der Waals surface area (Å²) in [7, 11) is 0. The van der Waals surface area contributed by atoms with Crippen molar-refractivity contribution in [3.63, 3.8) is 0 Å². The number of anilines is 3. The van der Waals surface area contributed by atoms with Crippen LogP contribution in [0.25, 0.3) is 12.2 Å². The molecule has 44 heavy (non-hydrogen) atoms. The van der Waals surface area contributed by atoms with E-state index in [4.69, 9.17) is 31.0 Å². The molecule has 6 rings (SSSR count). The fourth-order valence-electron chi connectivity index (χ4n) is 5.29. The van der Waals surface area contributed by atoms with Gasteiger partial charge in [-0.3, -0.25) is 24.3 Å². The molecule has 0 saturated carbocycles. The summed E-state index contributed by atoms with van der Waals surface area (Å²) >= 11 is 6.02. The highest BCUT2D eigenvalue weighted by atomic mass is 35.5. The van der Waals surface area contributed by atoms with Gasteiger partial charge < -0.3 is 25.1 Å². The van der Waals surface area contributed by atoms with Crippen LogP contribution in [-0.4, -0.2) is 109 Å². The number of carbonyl (C=O) groups excluding carboxylic acids is 2. The van der Waals surface area contributed by atoms with Crippen LogP contribution < -0.4 is 26.2 Å². The zero-order chi connectivity index (χ0) is 30.6. The van der Waals surface area contributed by atoms with Crippen molar-refractivity contribution in [1.82, 2.24) is 30.1 Å². The highest BCUT2D eigenvalue weighted by Crippen LogP contribution is 2.22. The van der Waals surface area contributed by atoms with Gasteiger partial charge in [0, 0.05) is 62.8 Å². The Morgan fingerprint density at radius 2 is 1.82 bits per heavy atom. The molecule has 3 aromatic rings. The minimum atomic E-state index is -0.541. The number of morpholine rings is 2. The largest absolute Gasteiger partial charge is 0.379 e. The van der Waals surface area contributed by atoms with Crippen molar-refractivity contribution >= 4 is 52.9 Å². The van der Waals surface area contributed by atoms with Gasteiger partial charge in [0.1, 0.15) is 23.1 Å². The van der Waals surface area contributed by atoms with Crippen LogP contribution in [0.1, 0.15) is 21.7 Å². The number of amides is 2. The van der Waals surface area contributed by atoms with Gasteiger partial charge in [0.25, 0.3) is 11.8 Å². The lowest BCUT2D eigenvalue weighted by molar-refractivity contribution is -0.113. The van der Waals surface area contributed by atoms with E-state index in [1.807, 2.05) is 6.92 Å². The molecule has 0 radical (unpaired) electrons. The SMILES string of the molecule is Cc1cc(C(=O)NCCN2CCOCC2)[nH]c1C=c1nc(Nc2ccc(F)c(Cl)c2)c2c(n1)N(CN1CCOCC1)C(=O)C=2. The van der Waals surface area contributed by atoms with E-state index in [-0.39, 0.29) is 16.8 Å². The number of nitrogens with zero attached hydrogens (tertiary/aromatic N) is 5. The molecule has 3 aliphatic rings. The highest BCUT2D eigenvalue weighted by molar-refractivity contribution is 6.31. The maximum atomic E-state index is 13.8. The predicted molar refractivity (Wildman–Crippen MR) is 164 cm³/mol. The lowest BCUT2D eigenvalue weighted by atomic mass is 10.2. The van der Waals surface area contributed by atoms with E-state index in [2.05, 4.69) is 25.4 Å². The number of aryl methyl sites for hydroxylation is 1. The molecular weight excluding hydrogens is 591 g/mol. The van der Waals surface area contributed by atoms with Crippen molar-refractivity contribution in [2.75, 3.05) is 82.6 Å². The van der Waals surface area contributed by atoms with Crippen molar-refractivity contribution in [2.24, 2.45) is 0 Å². The molecule has 14 heteroatoms. The number of rotatable bonds is 9. The van der Waals surface area contributed by atoms with Gasteiger partial charge in [-0.05, 0) is 36.8 Å². The summed E-state index contributed by atoms with van der Waals surface area (Å²) in [6, 6.07) is 6.04. The third kappa shape index (κ3) is 6.92. The van der Waals surface area contributed by atoms with Crippen LogP contribution in [0.5, 0.6) is 0 Å². The maximum absolute atomic E-state index is 13.8. The summed E-state index contributed by atoms with van der Waals surface area (Å²) in [5, 5.41) is 6.63. The second kappa shape index (κ2) is 13.4. The van der Waals surface area contributed by atoms with Gasteiger partial charge in [0.2, 0.25) is 0 Å². The number of H-pyrrole nitrogens is 1. The Balaban J connectivity index is 1.29. The van der Waals surface area contributed by atoms with Crippen LogP contribution >= 0.6 is 11.6 Å². The number of halogens is 2. The molecule has 2 fully saturated rings. The van der Waals surface area contributed by atoms with E-state index < -0.39 is 5.82 Å².